The van der Waals surface area contributed by atoms with Crippen molar-refractivity contribution in [2.75, 3.05) is 13.1 Å². The Morgan fingerprint density at radius 3 is 2.71 bits per heavy atom. The molecule has 0 atom stereocenters. The first-order chi connectivity index (χ1) is 6.77. The Hall–Kier alpha value is -1.32. The number of rotatable bonds is 0. The first kappa shape index (κ1) is 9.24. The van der Waals surface area contributed by atoms with Crippen LogP contribution in [-0.4, -0.2) is 33.8 Å². The highest BCUT2D eigenvalue weighted by Crippen LogP contribution is 2.16. The fraction of sp³-hybridized carbons (Fsp3) is 0.600. The zero-order valence-corrected chi connectivity index (χ0v) is 8.39. The zero-order chi connectivity index (χ0) is 9.97. The highest BCUT2D eigenvalue weighted by molar-refractivity contribution is 5.75. The van der Waals surface area contributed by atoms with Crippen molar-refractivity contribution in [2.45, 2.75) is 19.8 Å². The average Bonchev–Trinajstić information content (AvgIpc) is 2.71. The lowest BCUT2D eigenvalue weighted by Gasteiger charge is -2.29. The molecule has 1 fully saturated rings. The number of piperidine rings is 1. The zero-order valence-electron chi connectivity index (χ0n) is 8.39. The molecule has 0 bridgehead atoms. The second-order valence-corrected chi connectivity index (χ2v) is 3.90. The van der Waals surface area contributed by atoms with Crippen molar-refractivity contribution in [3.8, 4) is 0 Å². The third-order valence-electron chi connectivity index (χ3n) is 2.75. The van der Waals surface area contributed by atoms with Gasteiger partial charge in [0.05, 0.1) is 0 Å². The number of hydrogen-bond donors (Lipinski definition) is 0. The van der Waals surface area contributed by atoms with E-state index in [0.29, 0.717) is 0 Å². The van der Waals surface area contributed by atoms with Crippen molar-refractivity contribution in [1.82, 2.24) is 14.7 Å². The summed E-state index contributed by atoms with van der Waals surface area (Å²) >= 11 is 0. The van der Waals surface area contributed by atoms with Crippen LogP contribution in [0.3, 0.4) is 0 Å². The van der Waals surface area contributed by atoms with Gasteiger partial charge in [-0.05, 0) is 24.8 Å². The molecule has 2 rings (SSSR count). The van der Waals surface area contributed by atoms with Crippen LogP contribution >= 0.6 is 0 Å². The van der Waals surface area contributed by atoms with Crippen LogP contribution in [0.2, 0.25) is 0 Å². The van der Waals surface area contributed by atoms with Gasteiger partial charge in [0.25, 0.3) is 0 Å². The van der Waals surface area contributed by atoms with E-state index < -0.39 is 0 Å². The molecule has 4 heteroatoms. The quantitative estimate of drug-likeness (QED) is 0.627. The van der Waals surface area contributed by atoms with Crippen LogP contribution in [0.25, 0.3) is 0 Å². The largest absolute Gasteiger partial charge is 0.344 e. The van der Waals surface area contributed by atoms with E-state index in [-0.39, 0.29) is 6.03 Å². The first-order valence-electron chi connectivity index (χ1n) is 5.06. The summed E-state index contributed by atoms with van der Waals surface area (Å²) in [6.07, 6.45) is 5.53. The van der Waals surface area contributed by atoms with E-state index in [1.165, 1.54) is 4.68 Å². The Balaban J connectivity index is 1.99. The van der Waals surface area contributed by atoms with Crippen LogP contribution in [0.15, 0.2) is 18.5 Å². The summed E-state index contributed by atoms with van der Waals surface area (Å²) in [7, 11) is 0. The molecular formula is C10H15N3O. The van der Waals surface area contributed by atoms with E-state index in [1.807, 2.05) is 4.90 Å². The summed E-state index contributed by atoms with van der Waals surface area (Å²) in [6, 6.07) is 1.77. The van der Waals surface area contributed by atoms with Gasteiger partial charge < -0.3 is 4.90 Å². The number of carbonyl (C=O) groups is 1. The topological polar surface area (TPSA) is 38.1 Å². The lowest BCUT2D eigenvalue weighted by atomic mass is 10.00. The summed E-state index contributed by atoms with van der Waals surface area (Å²) in [5.41, 5.74) is 0. The van der Waals surface area contributed by atoms with Gasteiger partial charge in [-0.15, -0.1) is 0 Å². The van der Waals surface area contributed by atoms with Crippen molar-refractivity contribution in [3.63, 3.8) is 0 Å². The van der Waals surface area contributed by atoms with Gasteiger partial charge in [0.2, 0.25) is 0 Å². The Morgan fingerprint density at radius 2 is 2.14 bits per heavy atom. The molecule has 1 aromatic rings. The van der Waals surface area contributed by atoms with Crippen molar-refractivity contribution in [2.24, 2.45) is 5.92 Å². The second-order valence-electron chi connectivity index (χ2n) is 3.90. The second kappa shape index (κ2) is 3.82. The molecule has 1 aromatic heterocycles. The van der Waals surface area contributed by atoms with Crippen LogP contribution in [0, 0.1) is 5.92 Å². The molecule has 0 saturated carbocycles. The molecule has 2 heterocycles. The molecule has 1 saturated heterocycles. The van der Waals surface area contributed by atoms with Crippen LogP contribution in [0.5, 0.6) is 0 Å². The van der Waals surface area contributed by atoms with E-state index >= 15 is 0 Å². The van der Waals surface area contributed by atoms with Gasteiger partial charge in [-0.3, -0.25) is 0 Å². The van der Waals surface area contributed by atoms with Crippen molar-refractivity contribution in [3.05, 3.63) is 18.5 Å². The fourth-order valence-corrected chi connectivity index (χ4v) is 1.73. The molecule has 14 heavy (non-hydrogen) atoms. The van der Waals surface area contributed by atoms with E-state index in [4.69, 9.17) is 0 Å². The van der Waals surface area contributed by atoms with Gasteiger partial charge in [0.1, 0.15) is 0 Å². The molecule has 0 spiro atoms. The maximum Gasteiger partial charge on any atom is 0.344 e. The number of nitrogens with zero attached hydrogens (tertiary/aromatic N) is 3. The lowest BCUT2D eigenvalue weighted by molar-refractivity contribution is 0.172. The summed E-state index contributed by atoms with van der Waals surface area (Å²) < 4.78 is 1.40. The van der Waals surface area contributed by atoms with Crippen molar-refractivity contribution < 1.29 is 4.79 Å². The van der Waals surface area contributed by atoms with Crippen molar-refractivity contribution >= 4 is 6.03 Å². The molecule has 1 amide bonds. The summed E-state index contributed by atoms with van der Waals surface area (Å²) in [6.45, 7) is 3.95. The maximum atomic E-state index is 11.8. The van der Waals surface area contributed by atoms with E-state index in [2.05, 4.69) is 12.0 Å². The predicted octanol–water partition coefficient (Wildman–Crippen LogP) is 1.58. The molecule has 1 aliphatic rings. The molecule has 0 N–H and O–H groups in total. The van der Waals surface area contributed by atoms with E-state index in [0.717, 1.165) is 31.8 Å². The maximum absolute atomic E-state index is 11.8. The molecule has 76 valence electrons. The van der Waals surface area contributed by atoms with E-state index in [1.54, 1.807) is 18.5 Å². The van der Waals surface area contributed by atoms with Crippen molar-refractivity contribution in [1.29, 1.82) is 0 Å². The molecule has 0 unspecified atom stereocenters. The summed E-state index contributed by atoms with van der Waals surface area (Å²) in [5, 5.41) is 3.94. The summed E-state index contributed by atoms with van der Waals surface area (Å²) in [4.78, 5) is 13.7. The average molecular weight is 193 g/mol. The molecule has 0 aromatic carbocycles. The number of hydrogen-bond acceptors (Lipinski definition) is 2. The molecule has 1 aliphatic heterocycles. The third kappa shape index (κ3) is 1.78. The van der Waals surface area contributed by atoms with Crippen LogP contribution in [0.1, 0.15) is 19.8 Å². The summed E-state index contributed by atoms with van der Waals surface area (Å²) in [5.74, 6) is 0.747. The van der Waals surface area contributed by atoms with Gasteiger partial charge in [0, 0.05) is 25.5 Å². The molecule has 4 nitrogen and oxygen atoms in total. The minimum absolute atomic E-state index is 0.00176. The standard InChI is InChI=1S/C10H15N3O/c1-9-3-7-12(8-4-9)10(14)13-6-2-5-11-13/h2,5-6,9H,3-4,7-8H2,1H3. The van der Waals surface area contributed by atoms with Gasteiger partial charge in [-0.1, -0.05) is 6.92 Å². The third-order valence-corrected chi connectivity index (χ3v) is 2.75. The predicted molar refractivity (Wildman–Crippen MR) is 53.0 cm³/mol. The molecule has 0 aliphatic carbocycles. The first-order valence-corrected chi connectivity index (χ1v) is 5.06. The van der Waals surface area contributed by atoms with Gasteiger partial charge in [-0.2, -0.15) is 9.78 Å². The number of carbonyl (C=O) groups excluding carboxylic acids is 1. The Bertz CT molecular complexity index is 299. The number of amides is 1. The van der Waals surface area contributed by atoms with Crippen LogP contribution in [0.4, 0.5) is 4.79 Å². The SMILES string of the molecule is CC1CCN(C(=O)n2cccn2)CC1. The monoisotopic (exact) mass is 193 g/mol. The van der Waals surface area contributed by atoms with Gasteiger partial charge in [-0.25, -0.2) is 4.79 Å². The minimum atomic E-state index is 0.00176. The lowest BCUT2D eigenvalue weighted by Crippen LogP contribution is -2.40. The highest BCUT2D eigenvalue weighted by Gasteiger charge is 2.21. The Morgan fingerprint density at radius 1 is 1.43 bits per heavy atom. The highest BCUT2D eigenvalue weighted by atomic mass is 16.2. The van der Waals surface area contributed by atoms with E-state index in [9.17, 15) is 4.79 Å². The Kier molecular flexibility index (Phi) is 2.52. The van der Waals surface area contributed by atoms with Crippen LogP contribution in [-0.2, 0) is 0 Å². The smallest absolute Gasteiger partial charge is 0.323 e. The Labute approximate surface area is 83.5 Å². The van der Waals surface area contributed by atoms with Gasteiger partial charge >= 0.3 is 6.03 Å². The fourth-order valence-electron chi connectivity index (χ4n) is 1.73. The minimum Gasteiger partial charge on any atom is -0.323 e. The number of aromatic nitrogens is 2. The van der Waals surface area contributed by atoms with Crippen LogP contribution < -0.4 is 0 Å². The van der Waals surface area contributed by atoms with Gasteiger partial charge in [0.15, 0.2) is 0 Å². The molecule has 0 radical (unpaired) electrons. The molecular weight excluding hydrogens is 178 g/mol. The normalized spacial score (nSPS) is 18.5. The number of likely N-dealkylation sites (tertiary alicyclic amines) is 1.